The standard InChI is InChI=1S/C37H52ClN3O10S/c1-20-11-10-12-28(48-9)37(46)19-27(49-35(45)39-37)22(3)33-36(5,51-33)29(50-34(44)23(4)40(6)30(42)14-13-21(2)52)18-31(43)41(7)25-16-24(15-20)17-26(47-8)32(25)38/h10-12,16-17,21-23,27-29,33,46,52H,13-15,18-19H2,1-9H3,(H,39,45)/b12-10+,20-11+/t21?,22-,23-,27+,28-,29-,33+,36+,37+/m1/s1. The smallest absolute Gasteiger partial charge is 0.409 e. The number of hydrogen-bond donors (Lipinski definition) is 3. The normalized spacial score (nSPS) is 32.2. The number of thiol groups is 1. The van der Waals surface area contributed by atoms with Crippen molar-refractivity contribution in [2.45, 2.75) is 114 Å². The molecule has 3 aliphatic heterocycles. The predicted octanol–water partition coefficient (Wildman–Crippen LogP) is 4.61. The third-order valence-corrected chi connectivity index (χ3v) is 10.9. The number of methoxy groups -OCH3 is 2. The molecule has 9 atom stereocenters. The molecule has 288 valence electrons. The van der Waals surface area contributed by atoms with Crippen molar-refractivity contribution in [3.63, 3.8) is 0 Å². The van der Waals surface area contributed by atoms with Gasteiger partial charge in [-0.1, -0.05) is 49.2 Å². The first-order chi connectivity index (χ1) is 24.3. The summed E-state index contributed by atoms with van der Waals surface area (Å²) in [6.45, 7) is 8.88. The molecule has 4 rings (SSSR count). The van der Waals surface area contributed by atoms with Crippen LogP contribution in [0.2, 0.25) is 5.02 Å². The average Bonchev–Trinajstić information content (AvgIpc) is 3.79. The van der Waals surface area contributed by atoms with Gasteiger partial charge in [-0.2, -0.15) is 12.6 Å². The van der Waals surface area contributed by atoms with Crippen molar-refractivity contribution < 1.29 is 48.0 Å². The van der Waals surface area contributed by atoms with Crippen LogP contribution in [0, 0.1) is 5.92 Å². The van der Waals surface area contributed by atoms with Crippen molar-refractivity contribution in [3.05, 3.63) is 46.5 Å². The first kappa shape index (κ1) is 41.5. The van der Waals surface area contributed by atoms with Crippen molar-refractivity contribution in [2.24, 2.45) is 5.92 Å². The summed E-state index contributed by atoms with van der Waals surface area (Å²) in [4.78, 5) is 56.2. The van der Waals surface area contributed by atoms with Crippen LogP contribution in [0.4, 0.5) is 10.5 Å². The van der Waals surface area contributed by atoms with Crippen LogP contribution in [0.25, 0.3) is 0 Å². The Labute approximate surface area is 316 Å². The third-order valence-electron chi connectivity index (χ3n) is 10.3. The Bertz CT molecular complexity index is 1590. The van der Waals surface area contributed by atoms with E-state index < -0.39 is 65.7 Å². The van der Waals surface area contributed by atoms with Gasteiger partial charge in [0.15, 0.2) is 5.72 Å². The van der Waals surface area contributed by atoms with Crippen LogP contribution in [-0.4, -0.2) is 109 Å². The van der Waals surface area contributed by atoms with Gasteiger partial charge in [-0.15, -0.1) is 0 Å². The van der Waals surface area contributed by atoms with E-state index in [1.165, 1.54) is 31.1 Å². The number of esters is 1. The summed E-state index contributed by atoms with van der Waals surface area (Å²) < 4.78 is 29.2. The highest BCUT2D eigenvalue weighted by Gasteiger charge is 2.64. The number of carbonyl (C=O) groups is 4. The molecule has 15 heteroatoms. The zero-order valence-electron chi connectivity index (χ0n) is 31.3. The zero-order valence-corrected chi connectivity index (χ0v) is 33.0. The first-order valence-electron chi connectivity index (χ1n) is 17.4. The maximum absolute atomic E-state index is 14.1. The summed E-state index contributed by atoms with van der Waals surface area (Å²) in [5.41, 5.74) is -0.906. The molecule has 2 fully saturated rings. The van der Waals surface area contributed by atoms with Crippen LogP contribution in [-0.2, 0) is 39.8 Å². The number of likely N-dealkylation sites (N-methyl/N-ethyl adjacent to an activating group) is 1. The zero-order chi connectivity index (χ0) is 38.7. The van der Waals surface area contributed by atoms with Crippen molar-refractivity contribution in [3.8, 4) is 5.75 Å². The summed E-state index contributed by atoms with van der Waals surface area (Å²) in [5, 5.41) is 14.5. The van der Waals surface area contributed by atoms with Gasteiger partial charge in [-0.3, -0.25) is 14.9 Å². The Hall–Kier alpha value is -3.30. The van der Waals surface area contributed by atoms with E-state index in [0.717, 1.165) is 11.1 Å². The van der Waals surface area contributed by atoms with Gasteiger partial charge in [-0.25, -0.2) is 9.59 Å². The molecule has 2 N–H and O–H groups in total. The second-order valence-electron chi connectivity index (χ2n) is 14.3. The number of allylic oxidation sites excluding steroid dienone is 3. The van der Waals surface area contributed by atoms with Gasteiger partial charge in [0.25, 0.3) is 0 Å². The fourth-order valence-electron chi connectivity index (χ4n) is 6.73. The lowest BCUT2D eigenvalue weighted by atomic mass is 9.83. The number of amides is 3. The van der Waals surface area contributed by atoms with E-state index in [2.05, 4.69) is 17.9 Å². The number of halogens is 1. The monoisotopic (exact) mass is 765 g/mol. The van der Waals surface area contributed by atoms with Crippen molar-refractivity contribution in [1.29, 1.82) is 0 Å². The summed E-state index contributed by atoms with van der Waals surface area (Å²) in [6, 6.07) is 2.61. The number of epoxide rings is 1. The second-order valence-corrected chi connectivity index (χ2v) is 15.6. The Kier molecular flexibility index (Phi) is 13.4. The molecule has 4 bridgehead atoms. The van der Waals surface area contributed by atoms with Crippen LogP contribution < -0.4 is 15.0 Å². The fourth-order valence-corrected chi connectivity index (χ4v) is 7.17. The lowest BCUT2D eigenvalue weighted by molar-refractivity contribution is -0.162. The highest BCUT2D eigenvalue weighted by molar-refractivity contribution is 7.80. The van der Waals surface area contributed by atoms with E-state index in [-0.39, 0.29) is 35.4 Å². The number of rotatable bonds is 8. The Morgan fingerprint density at radius 1 is 1.25 bits per heavy atom. The maximum Gasteiger partial charge on any atom is 0.409 e. The molecule has 0 saturated carbocycles. The first-order valence-corrected chi connectivity index (χ1v) is 18.3. The molecule has 52 heavy (non-hydrogen) atoms. The summed E-state index contributed by atoms with van der Waals surface area (Å²) >= 11 is 11.1. The summed E-state index contributed by atoms with van der Waals surface area (Å²) in [5.74, 6) is -1.56. The molecule has 0 aliphatic carbocycles. The molecule has 13 nitrogen and oxygen atoms in total. The predicted molar refractivity (Wildman–Crippen MR) is 199 cm³/mol. The number of hydrogen-bond acceptors (Lipinski definition) is 11. The second kappa shape index (κ2) is 16.8. The molecule has 0 aromatic heterocycles. The minimum absolute atomic E-state index is 0.00636. The molecular formula is C37H52ClN3O10S. The van der Waals surface area contributed by atoms with Crippen LogP contribution in [0.15, 0.2) is 35.9 Å². The topological polar surface area (TPSA) is 156 Å². The number of anilines is 1. The van der Waals surface area contributed by atoms with E-state index in [1.807, 2.05) is 19.9 Å². The van der Waals surface area contributed by atoms with Crippen molar-refractivity contribution in [2.75, 3.05) is 33.2 Å². The number of nitrogens with zero attached hydrogens (tertiary/aromatic N) is 2. The number of alkyl carbamates (subject to hydrolysis) is 1. The van der Waals surface area contributed by atoms with E-state index >= 15 is 0 Å². The van der Waals surface area contributed by atoms with Gasteiger partial charge in [0, 0.05) is 40.0 Å². The molecule has 0 radical (unpaired) electrons. The van der Waals surface area contributed by atoms with Crippen LogP contribution in [0.3, 0.4) is 0 Å². The highest BCUT2D eigenvalue weighted by Crippen LogP contribution is 2.49. The van der Waals surface area contributed by atoms with E-state index in [9.17, 15) is 24.3 Å². The molecule has 2 saturated heterocycles. The van der Waals surface area contributed by atoms with Gasteiger partial charge in [0.2, 0.25) is 11.8 Å². The minimum Gasteiger partial charge on any atom is -0.495 e. The van der Waals surface area contributed by atoms with Crippen molar-refractivity contribution >= 4 is 53.8 Å². The van der Waals surface area contributed by atoms with Gasteiger partial charge < -0.3 is 38.6 Å². The molecule has 0 spiro atoms. The Morgan fingerprint density at radius 2 is 1.94 bits per heavy atom. The minimum atomic E-state index is -1.82. The molecule has 3 amide bonds. The molecule has 1 aromatic rings. The Morgan fingerprint density at radius 3 is 2.58 bits per heavy atom. The van der Waals surface area contributed by atoms with Gasteiger partial charge in [-0.05, 0) is 56.6 Å². The van der Waals surface area contributed by atoms with Gasteiger partial charge >= 0.3 is 12.1 Å². The Balaban J connectivity index is 1.75. The fraction of sp³-hybridized carbons (Fsp3) is 0.622. The van der Waals surface area contributed by atoms with E-state index in [4.69, 9.17) is 35.3 Å². The van der Waals surface area contributed by atoms with E-state index in [1.54, 1.807) is 52.1 Å². The quantitative estimate of drug-likeness (QED) is 0.194. The van der Waals surface area contributed by atoms with Gasteiger partial charge in [0.05, 0.1) is 25.3 Å². The summed E-state index contributed by atoms with van der Waals surface area (Å²) in [6.07, 6.45) is 1.69. The number of nitrogens with one attached hydrogen (secondary N) is 1. The SMILES string of the molecule is COc1cc2cc(c1Cl)N(C)C(=O)C[C@@H](OC(=O)[C@@H](C)N(C)C(=O)CCC(C)S)[C@]1(C)O[C@H]1[C@H](C)[C@@H]1C[C@@](O)(NC(=O)O1)[C@H](OC)/C=C/C=C(\C)C2. The summed E-state index contributed by atoms with van der Waals surface area (Å²) in [7, 11) is 6.02. The lowest BCUT2D eigenvalue weighted by Gasteiger charge is -2.42. The van der Waals surface area contributed by atoms with E-state index in [0.29, 0.717) is 24.3 Å². The third kappa shape index (κ3) is 9.25. The average molecular weight is 766 g/mol. The van der Waals surface area contributed by atoms with Crippen molar-refractivity contribution in [1.82, 2.24) is 10.2 Å². The largest absolute Gasteiger partial charge is 0.495 e. The molecule has 3 aliphatic rings. The van der Waals surface area contributed by atoms with Gasteiger partial charge in [0.1, 0.15) is 40.7 Å². The number of aliphatic hydroxyl groups is 1. The molecular weight excluding hydrogens is 714 g/mol. The van der Waals surface area contributed by atoms with Crippen LogP contribution in [0.1, 0.15) is 65.9 Å². The number of carbonyl (C=O) groups excluding carboxylic acids is 4. The maximum atomic E-state index is 14.1. The van der Waals surface area contributed by atoms with Crippen LogP contribution in [0.5, 0.6) is 5.75 Å². The number of fused-ring (bicyclic) bond motifs is 5. The van der Waals surface area contributed by atoms with Crippen LogP contribution >= 0.6 is 24.2 Å². The molecule has 1 aromatic carbocycles. The molecule has 1 unspecified atom stereocenters. The number of ether oxygens (including phenoxy) is 5. The molecule has 3 heterocycles. The lowest BCUT2D eigenvalue weighted by Crippen LogP contribution is -2.63. The highest BCUT2D eigenvalue weighted by atomic mass is 35.5. The number of benzene rings is 1.